The van der Waals surface area contributed by atoms with Crippen LogP contribution in [0.15, 0.2) is 67.0 Å². The van der Waals surface area contributed by atoms with Gasteiger partial charge in [-0.15, -0.1) is 0 Å². The molecular weight excluding hydrogens is 376 g/mol. The van der Waals surface area contributed by atoms with Gasteiger partial charge in [-0.05, 0) is 37.5 Å². The van der Waals surface area contributed by atoms with Crippen molar-refractivity contribution in [1.29, 1.82) is 0 Å². The molecule has 4 rings (SSSR count). The number of para-hydroxylation sites is 2. The molecule has 3 aromatic rings. The lowest BCUT2D eigenvalue weighted by atomic mass is 9.96. The lowest BCUT2D eigenvalue weighted by Gasteiger charge is -2.31. The second-order valence-corrected chi connectivity index (χ2v) is 7.32. The fraction of sp³-hybridized carbons (Fsp3) is 0.292. The molecule has 0 unspecified atom stereocenters. The predicted molar refractivity (Wildman–Crippen MR) is 119 cm³/mol. The third-order valence-corrected chi connectivity index (χ3v) is 5.34. The topological polar surface area (TPSA) is 67.3 Å². The van der Waals surface area contributed by atoms with Crippen LogP contribution in [0.4, 0.5) is 11.6 Å². The van der Waals surface area contributed by atoms with Crippen molar-refractivity contribution < 1.29 is 9.53 Å². The number of amides is 1. The fourth-order valence-corrected chi connectivity index (χ4v) is 3.69. The summed E-state index contributed by atoms with van der Waals surface area (Å²) in [5.41, 5.74) is 2.83. The highest BCUT2D eigenvalue weighted by Crippen LogP contribution is 2.27. The first-order valence-corrected chi connectivity index (χ1v) is 10.4. The zero-order valence-corrected chi connectivity index (χ0v) is 17.1. The molecule has 6 nitrogen and oxygen atoms in total. The van der Waals surface area contributed by atoms with E-state index in [1.54, 1.807) is 0 Å². The van der Waals surface area contributed by atoms with E-state index in [9.17, 15) is 4.79 Å². The van der Waals surface area contributed by atoms with Gasteiger partial charge in [-0.25, -0.2) is 9.97 Å². The minimum absolute atomic E-state index is 0.0282. The van der Waals surface area contributed by atoms with Crippen LogP contribution in [-0.4, -0.2) is 35.6 Å². The Hall–Kier alpha value is -3.41. The largest absolute Gasteiger partial charge is 0.492 e. The van der Waals surface area contributed by atoms with Crippen LogP contribution in [0.2, 0.25) is 0 Å². The Balaban J connectivity index is 1.34. The first kappa shape index (κ1) is 19.9. The molecule has 0 atom stereocenters. The van der Waals surface area contributed by atoms with Crippen molar-refractivity contribution in [3.8, 4) is 16.9 Å². The van der Waals surface area contributed by atoms with Gasteiger partial charge in [-0.3, -0.25) is 4.79 Å². The molecule has 1 N–H and O–H groups in total. The molecule has 1 saturated heterocycles. The molecule has 2 aromatic carbocycles. The Morgan fingerprint density at radius 1 is 1.00 bits per heavy atom. The van der Waals surface area contributed by atoms with Gasteiger partial charge in [0.05, 0.1) is 12.3 Å². The quantitative estimate of drug-likeness (QED) is 0.662. The molecule has 1 amide bonds. The van der Waals surface area contributed by atoms with Gasteiger partial charge in [-0.1, -0.05) is 42.5 Å². The minimum Gasteiger partial charge on any atom is -0.492 e. The number of nitrogens with one attached hydrogen (secondary N) is 1. The summed E-state index contributed by atoms with van der Waals surface area (Å²) in [6.07, 6.45) is 5.26. The number of benzene rings is 2. The first-order chi connectivity index (χ1) is 14.7. The van der Waals surface area contributed by atoms with E-state index < -0.39 is 0 Å². The van der Waals surface area contributed by atoms with E-state index in [1.165, 1.54) is 0 Å². The van der Waals surface area contributed by atoms with Gasteiger partial charge in [0.2, 0.25) is 11.9 Å². The number of hydrogen-bond acceptors (Lipinski definition) is 5. The van der Waals surface area contributed by atoms with Gasteiger partial charge in [0.15, 0.2) is 0 Å². The number of nitrogens with zero attached hydrogens (tertiary/aromatic N) is 3. The minimum atomic E-state index is -0.0282. The zero-order chi connectivity index (χ0) is 20.8. The van der Waals surface area contributed by atoms with E-state index in [2.05, 4.69) is 20.2 Å². The number of carbonyl (C=O) groups is 1. The van der Waals surface area contributed by atoms with Crippen molar-refractivity contribution in [1.82, 2.24) is 9.97 Å². The average molecular weight is 402 g/mol. The summed E-state index contributed by atoms with van der Waals surface area (Å²) < 4.78 is 5.60. The molecule has 30 heavy (non-hydrogen) atoms. The number of hydrogen-bond donors (Lipinski definition) is 1. The lowest BCUT2D eigenvalue weighted by molar-refractivity contribution is -0.120. The van der Waals surface area contributed by atoms with Crippen molar-refractivity contribution in [2.45, 2.75) is 19.8 Å². The molecule has 1 fully saturated rings. The van der Waals surface area contributed by atoms with Gasteiger partial charge >= 0.3 is 0 Å². The number of carbonyl (C=O) groups excluding carboxylic acids is 1. The molecule has 0 saturated carbocycles. The van der Waals surface area contributed by atoms with Crippen LogP contribution < -0.4 is 15.0 Å². The predicted octanol–water partition coefficient (Wildman–Crippen LogP) is 4.40. The summed E-state index contributed by atoms with van der Waals surface area (Å²) >= 11 is 0. The highest BCUT2D eigenvalue weighted by molar-refractivity contribution is 5.94. The Morgan fingerprint density at radius 2 is 1.67 bits per heavy atom. The van der Waals surface area contributed by atoms with E-state index in [1.807, 2.05) is 73.9 Å². The summed E-state index contributed by atoms with van der Waals surface area (Å²) in [7, 11) is 0. The smallest absolute Gasteiger partial charge is 0.227 e. The van der Waals surface area contributed by atoms with Crippen molar-refractivity contribution in [2.75, 3.05) is 29.9 Å². The fourth-order valence-electron chi connectivity index (χ4n) is 3.69. The maximum atomic E-state index is 12.8. The maximum Gasteiger partial charge on any atom is 0.227 e. The van der Waals surface area contributed by atoms with Gasteiger partial charge in [0, 0.05) is 37.0 Å². The van der Waals surface area contributed by atoms with Crippen molar-refractivity contribution >= 4 is 17.5 Å². The van der Waals surface area contributed by atoms with Crippen LogP contribution in [0, 0.1) is 5.92 Å². The standard InChI is InChI=1S/C24H26N4O2/c1-2-30-22-11-7-6-10-21(22)27-23(29)19-12-14-28(15-13-19)24-25-16-20(17-26-24)18-8-4-3-5-9-18/h3-11,16-17,19H,2,12-15H2,1H3,(H,27,29). The Bertz CT molecular complexity index is 968. The zero-order valence-electron chi connectivity index (χ0n) is 17.1. The van der Waals surface area contributed by atoms with Gasteiger partial charge in [0.25, 0.3) is 0 Å². The lowest BCUT2D eigenvalue weighted by Crippen LogP contribution is -2.39. The Morgan fingerprint density at radius 3 is 2.37 bits per heavy atom. The van der Waals surface area contributed by atoms with Crippen molar-refractivity contribution in [3.05, 3.63) is 67.0 Å². The number of aromatic nitrogens is 2. The molecule has 0 radical (unpaired) electrons. The molecule has 6 heteroatoms. The molecule has 1 aliphatic heterocycles. The normalized spacial score (nSPS) is 14.4. The highest BCUT2D eigenvalue weighted by Gasteiger charge is 2.26. The van der Waals surface area contributed by atoms with Crippen LogP contribution in [0.1, 0.15) is 19.8 Å². The molecule has 0 spiro atoms. The molecule has 0 bridgehead atoms. The molecule has 154 valence electrons. The Labute approximate surface area is 176 Å². The average Bonchev–Trinajstić information content (AvgIpc) is 2.81. The monoisotopic (exact) mass is 402 g/mol. The Kier molecular flexibility index (Phi) is 6.23. The number of rotatable bonds is 6. The SMILES string of the molecule is CCOc1ccccc1NC(=O)C1CCN(c2ncc(-c3ccccc3)cn2)CC1. The van der Waals surface area contributed by atoms with Crippen molar-refractivity contribution in [3.63, 3.8) is 0 Å². The van der Waals surface area contributed by atoms with Crippen LogP contribution in [0.25, 0.3) is 11.1 Å². The molecule has 0 aliphatic carbocycles. The third-order valence-electron chi connectivity index (χ3n) is 5.34. The van der Waals surface area contributed by atoms with E-state index in [4.69, 9.17) is 4.74 Å². The van der Waals surface area contributed by atoms with Crippen molar-refractivity contribution in [2.24, 2.45) is 5.92 Å². The molecule has 1 aliphatic rings. The summed E-state index contributed by atoms with van der Waals surface area (Å²) in [6.45, 7) is 4.02. The van der Waals surface area contributed by atoms with E-state index in [0.29, 0.717) is 12.4 Å². The molecule has 2 heterocycles. The molecule has 1 aromatic heterocycles. The summed E-state index contributed by atoms with van der Waals surface area (Å²) in [5.74, 6) is 1.44. The summed E-state index contributed by atoms with van der Waals surface area (Å²) in [6, 6.07) is 17.7. The molecular formula is C24H26N4O2. The van der Waals surface area contributed by atoms with E-state index in [0.717, 1.165) is 48.7 Å². The van der Waals surface area contributed by atoms with Crippen LogP contribution in [0.3, 0.4) is 0 Å². The maximum absolute atomic E-state index is 12.8. The van der Waals surface area contributed by atoms with E-state index >= 15 is 0 Å². The van der Waals surface area contributed by atoms with Crippen LogP contribution in [0.5, 0.6) is 5.75 Å². The van der Waals surface area contributed by atoms with Gasteiger partial charge in [-0.2, -0.15) is 0 Å². The van der Waals surface area contributed by atoms with Crippen LogP contribution >= 0.6 is 0 Å². The summed E-state index contributed by atoms with van der Waals surface area (Å²) in [4.78, 5) is 24.0. The second kappa shape index (κ2) is 9.39. The van der Waals surface area contributed by atoms with Crippen LogP contribution in [-0.2, 0) is 4.79 Å². The number of ether oxygens (including phenoxy) is 1. The summed E-state index contributed by atoms with van der Waals surface area (Å²) in [5, 5.41) is 3.03. The first-order valence-electron chi connectivity index (χ1n) is 10.4. The third kappa shape index (κ3) is 4.59. The number of anilines is 2. The number of piperidine rings is 1. The van der Waals surface area contributed by atoms with Gasteiger partial charge in [0.1, 0.15) is 5.75 Å². The van der Waals surface area contributed by atoms with Gasteiger partial charge < -0.3 is 15.0 Å². The highest BCUT2D eigenvalue weighted by atomic mass is 16.5. The van der Waals surface area contributed by atoms with E-state index in [-0.39, 0.29) is 11.8 Å². The second-order valence-electron chi connectivity index (χ2n) is 7.32.